The number of nitrogens with one attached hydrogen (secondary N) is 2. The second-order valence-electron chi connectivity index (χ2n) is 5.17. The molecule has 116 valence electrons. The van der Waals surface area contributed by atoms with Crippen LogP contribution in [0.2, 0.25) is 5.02 Å². The summed E-state index contributed by atoms with van der Waals surface area (Å²) in [5, 5.41) is 6.57. The van der Waals surface area contributed by atoms with E-state index in [2.05, 4.69) is 10.6 Å². The Balaban J connectivity index is 1.91. The Kier molecular flexibility index (Phi) is 5.39. The smallest absolute Gasteiger partial charge is 0.242 e. The predicted molar refractivity (Wildman–Crippen MR) is 87.5 cm³/mol. The van der Waals surface area contributed by atoms with Gasteiger partial charge in [-0.3, -0.25) is 4.79 Å². The Bertz CT molecular complexity index is 658. The van der Waals surface area contributed by atoms with E-state index < -0.39 is 6.04 Å². The summed E-state index contributed by atoms with van der Waals surface area (Å²) < 4.78 is 12.8. The topological polar surface area (TPSA) is 41.1 Å². The lowest BCUT2D eigenvalue weighted by Crippen LogP contribution is -2.37. The molecule has 0 aromatic heterocycles. The fourth-order valence-corrected chi connectivity index (χ4v) is 2.17. The van der Waals surface area contributed by atoms with Crippen molar-refractivity contribution in [3.05, 3.63) is 64.4 Å². The summed E-state index contributed by atoms with van der Waals surface area (Å²) in [5.74, 6) is -0.426. The average molecular weight is 321 g/mol. The van der Waals surface area contributed by atoms with Crippen LogP contribution in [0.15, 0.2) is 42.5 Å². The van der Waals surface area contributed by atoms with Crippen LogP contribution in [-0.2, 0) is 11.3 Å². The molecule has 2 rings (SSSR count). The van der Waals surface area contributed by atoms with Gasteiger partial charge in [0.2, 0.25) is 5.91 Å². The number of anilines is 1. The Morgan fingerprint density at radius 2 is 1.91 bits per heavy atom. The molecule has 0 aliphatic rings. The average Bonchev–Trinajstić information content (AvgIpc) is 2.50. The van der Waals surface area contributed by atoms with Crippen molar-refractivity contribution < 1.29 is 9.18 Å². The van der Waals surface area contributed by atoms with Crippen LogP contribution in [0.5, 0.6) is 0 Å². The quantitative estimate of drug-likeness (QED) is 0.877. The number of carbonyl (C=O) groups is 1. The lowest BCUT2D eigenvalue weighted by atomic mass is 10.1. The van der Waals surface area contributed by atoms with E-state index in [1.54, 1.807) is 31.2 Å². The van der Waals surface area contributed by atoms with Gasteiger partial charge in [0.1, 0.15) is 11.9 Å². The molecule has 0 saturated carbocycles. The van der Waals surface area contributed by atoms with Gasteiger partial charge in [0.15, 0.2) is 0 Å². The van der Waals surface area contributed by atoms with Crippen LogP contribution < -0.4 is 10.6 Å². The maximum Gasteiger partial charge on any atom is 0.242 e. The minimum absolute atomic E-state index is 0.135. The maximum atomic E-state index is 12.8. The van der Waals surface area contributed by atoms with Crippen molar-refractivity contribution in [2.75, 3.05) is 5.32 Å². The molecule has 0 radical (unpaired) electrons. The highest BCUT2D eigenvalue weighted by atomic mass is 35.5. The SMILES string of the molecule is Cc1ccc(Cl)cc1NC(C)C(=O)NCc1ccc(F)cc1. The molecule has 5 heteroatoms. The van der Waals surface area contributed by atoms with Gasteiger partial charge in [0.05, 0.1) is 0 Å². The number of halogens is 2. The first-order chi connectivity index (χ1) is 10.5. The summed E-state index contributed by atoms with van der Waals surface area (Å²) in [7, 11) is 0. The molecule has 0 fully saturated rings. The van der Waals surface area contributed by atoms with Gasteiger partial charge >= 0.3 is 0 Å². The van der Waals surface area contributed by atoms with Crippen molar-refractivity contribution in [2.24, 2.45) is 0 Å². The van der Waals surface area contributed by atoms with Gasteiger partial charge in [-0.2, -0.15) is 0 Å². The van der Waals surface area contributed by atoms with Gasteiger partial charge in [-0.05, 0) is 49.2 Å². The standard InChI is InChI=1S/C17H18ClFN2O/c1-11-3-6-14(18)9-16(11)21-12(2)17(22)20-10-13-4-7-15(19)8-5-13/h3-9,12,21H,10H2,1-2H3,(H,20,22). The molecule has 2 aromatic carbocycles. The predicted octanol–water partition coefficient (Wildman–Crippen LogP) is 3.90. The molecule has 1 amide bonds. The van der Waals surface area contributed by atoms with E-state index in [4.69, 9.17) is 11.6 Å². The van der Waals surface area contributed by atoms with Crippen molar-refractivity contribution >= 4 is 23.2 Å². The third-order valence-corrected chi connectivity index (χ3v) is 3.58. The van der Waals surface area contributed by atoms with E-state index in [0.717, 1.165) is 16.8 Å². The monoisotopic (exact) mass is 320 g/mol. The summed E-state index contributed by atoms with van der Waals surface area (Å²) in [6.45, 7) is 4.09. The normalized spacial score (nSPS) is 11.8. The van der Waals surface area contributed by atoms with Crippen LogP contribution in [0, 0.1) is 12.7 Å². The van der Waals surface area contributed by atoms with Gasteiger partial charge in [-0.15, -0.1) is 0 Å². The molecule has 0 spiro atoms. The number of aryl methyl sites for hydroxylation is 1. The zero-order valence-corrected chi connectivity index (χ0v) is 13.2. The summed E-state index contributed by atoms with van der Waals surface area (Å²) in [6, 6.07) is 11.1. The van der Waals surface area contributed by atoms with Crippen molar-refractivity contribution in [3.63, 3.8) is 0 Å². The number of hydrogen-bond acceptors (Lipinski definition) is 2. The second kappa shape index (κ2) is 7.27. The lowest BCUT2D eigenvalue weighted by Gasteiger charge is -2.17. The summed E-state index contributed by atoms with van der Waals surface area (Å²) >= 11 is 5.96. The number of amides is 1. The van der Waals surface area contributed by atoms with Crippen LogP contribution in [-0.4, -0.2) is 11.9 Å². The fraction of sp³-hybridized carbons (Fsp3) is 0.235. The first-order valence-electron chi connectivity index (χ1n) is 7.00. The van der Waals surface area contributed by atoms with E-state index in [1.807, 2.05) is 13.0 Å². The molecule has 0 bridgehead atoms. The third-order valence-electron chi connectivity index (χ3n) is 3.34. The number of rotatable bonds is 5. The van der Waals surface area contributed by atoms with Crippen molar-refractivity contribution in [1.82, 2.24) is 5.32 Å². The van der Waals surface area contributed by atoms with Crippen LogP contribution in [0.25, 0.3) is 0 Å². The molecule has 1 unspecified atom stereocenters. The summed E-state index contributed by atoms with van der Waals surface area (Å²) in [4.78, 5) is 12.1. The van der Waals surface area contributed by atoms with E-state index in [0.29, 0.717) is 11.6 Å². The Morgan fingerprint density at radius 1 is 1.23 bits per heavy atom. The highest BCUT2D eigenvalue weighted by molar-refractivity contribution is 6.30. The Labute approximate surface area is 134 Å². The van der Waals surface area contributed by atoms with E-state index in [1.165, 1.54) is 12.1 Å². The zero-order chi connectivity index (χ0) is 16.1. The second-order valence-corrected chi connectivity index (χ2v) is 5.61. The van der Waals surface area contributed by atoms with Crippen LogP contribution >= 0.6 is 11.6 Å². The molecule has 0 saturated heterocycles. The van der Waals surface area contributed by atoms with E-state index in [9.17, 15) is 9.18 Å². The highest BCUT2D eigenvalue weighted by Crippen LogP contribution is 2.20. The number of carbonyl (C=O) groups excluding carboxylic acids is 1. The van der Waals surface area contributed by atoms with Crippen molar-refractivity contribution in [1.29, 1.82) is 0 Å². The molecule has 2 N–H and O–H groups in total. The lowest BCUT2D eigenvalue weighted by molar-refractivity contribution is -0.121. The summed E-state index contributed by atoms with van der Waals surface area (Å²) in [5.41, 5.74) is 2.69. The van der Waals surface area contributed by atoms with Gasteiger partial charge in [-0.1, -0.05) is 29.8 Å². The minimum Gasteiger partial charge on any atom is -0.374 e. The third kappa shape index (κ3) is 4.46. The van der Waals surface area contributed by atoms with E-state index >= 15 is 0 Å². The van der Waals surface area contributed by atoms with Gasteiger partial charge in [-0.25, -0.2) is 4.39 Å². The number of hydrogen-bond donors (Lipinski definition) is 2. The fourth-order valence-electron chi connectivity index (χ4n) is 1.99. The molecule has 0 heterocycles. The van der Waals surface area contributed by atoms with Crippen molar-refractivity contribution in [2.45, 2.75) is 26.4 Å². The largest absolute Gasteiger partial charge is 0.374 e. The van der Waals surface area contributed by atoms with Gasteiger partial charge < -0.3 is 10.6 Å². The highest BCUT2D eigenvalue weighted by Gasteiger charge is 2.13. The first-order valence-corrected chi connectivity index (χ1v) is 7.38. The molecule has 0 aliphatic heterocycles. The molecule has 0 aliphatic carbocycles. The molecule has 1 atom stereocenters. The zero-order valence-electron chi connectivity index (χ0n) is 12.5. The van der Waals surface area contributed by atoms with E-state index in [-0.39, 0.29) is 11.7 Å². The molecule has 3 nitrogen and oxygen atoms in total. The van der Waals surface area contributed by atoms with Gasteiger partial charge in [0, 0.05) is 17.3 Å². The molecule has 2 aromatic rings. The Morgan fingerprint density at radius 3 is 2.59 bits per heavy atom. The minimum atomic E-state index is -0.405. The molecular formula is C17H18ClFN2O. The number of benzene rings is 2. The van der Waals surface area contributed by atoms with Crippen molar-refractivity contribution in [3.8, 4) is 0 Å². The first kappa shape index (κ1) is 16.3. The summed E-state index contributed by atoms with van der Waals surface area (Å²) in [6.07, 6.45) is 0. The molecule has 22 heavy (non-hydrogen) atoms. The van der Waals surface area contributed by atoms with Crippen LogP contribution in [0.4, 0.5) is 10.1 Å². The van der Waals surface area contributed by atoms with Crippen LogP contribution in [0.3, 0.4) is 0 Å². The Hall–Kier alpha value is -2.07. The van der Waals surface area contributed by atoms with Crippen LogP contribution in [0.1, 0.15) is 18.1 Å². The molecular weight excluding hydrogens is 303 g/mol. The maximum absolute atomic E-state index is 12.8. The van der Waals surface area contributed by atoms with Gasteiger partial charge in [0.25, 0.3) is 0 Å².